The molecule has 0 saturated heterocycles. The molecule has 0 aliphatic heterocycles. The van der Waals surface area contributed by atoms with Gasteiger partial charge in [0.1, 0.15) is 11.6 Å². The van der Waals surface area contributed by atoms with E-state index in [1.54, 1.807) is 30.3 Å². The van der Waals surface area contributed by atoms with E-state index in [2.05, 4.69) is 21.2 Å². The number of carbonyl (C=O) groups is 1. The fraction of sp³-hybridized carbons (Fsp3) is 0.133. The lowest BCUT2D eigenvalue weighted by atomic mass is 10.1. The Morgan fingerprint density at radius 1 is 1.20 bits per heavy atom. The molecule has 0 radical (unpaired) electrons. The van der Waals surface area contributed by atoms with Gasteiger partial charge < -0.3 is 10.4 Å². The molecule has 2 rings (SSSR count). The summed E-state index contributed by atoms with van der Waals surface area (Å²) in [4.78, 5) is 11.9. The number of hydrogen-bond donors (Lipinski definition) is 2. The molecule has 2 N–H and O–H groups in total. The molecule has 0 aliphatic carbocycles. The standard InChI is InChI=1S/C15H13BrFNO2/c16-11-3-6-14(17)13(9-11)15(20)18-8-7-10-1-4-12(19)5-2-10/h1-6,9,19H,7-8H2,(H,18,20). The minimum atomic E-state index is -0.546. The van der Waals surface area contributed by atoms with Crippen LogP contribution in [-0.4, -0.2) is 17.6 Å². The topological polar surface area (TPSA) is 49.3 Å². The molecule has 0 unspecified atom stereocenters. The summed E-state index contributed by atoms with van der Waals surface area (Å²) in [5, 5.41) is 11.8. The average molecular weight is 338 g/mol. The predicted octanol–water partition coefficient (Wildman–Crippen LogP) is 3.27. The van der Waals surface area contributed by atoms with Crippen LogP contribution in [0.4, 0.5) is 4.39 Å². The van der Waals surface area contributed by atoms with Gasteiger partial charge in [-0.05, 0) is 42.3 Å². The molecule has 2 aromatic rings. The van der Waals surface area contributed by atoms with E-state index in [-0.39, 0.29) is 11.3 Å². The van der Waals surface area contributed by atoms with Gasteiger partial charge in [0.05, 0.1) is 5.56 Å². The van der Waals surface area contributed by atoms with Gasteiger partial charge in [-0.15, -0.1) is 0 Å². The van der Waals surface area contributed by atoms with E-state index < -0.39 is 11.7 Å². The first-order valence-corrected chi connectivity index (χ1v) is 6.87. The second-order valence-electron chi connectivity index (χ2n) is 4.30. The molecule has 104 valence electrons. The molecule has 5 heteroatoms. The lowest BCUT2D eigenvalue weighted by molar-refractivity contribution is 0.0950. The molecule has 20 heavy (non-hydrogen) atoms. The Balaban J connectivity index is 1.92. The lowest BCUT2D eigenvalue weighted by Gasteiger charge is -2.07. The molecule has 2 aromatic carbocycles. The monoisotopic (exact) mass is 337 g/mol. The lowest BCUT2D eigenvalue weighted by Crippen LogP contribution is -2.26. The number of halogens is 2. The van der Waals surface area contributed by atoms with Gasteiger partial charge in [-0.1, -0.05) is 28.1 Å². The third-order valence-corrected chi connectivity index (χ3v) is 3.30. The van der Waals surface area contributed by atoms with Crippen molar-refractivity contribution in [1.82, 2.24) is 5.32 Å². The zero-order valence-corrected chi connectivity index (χ0v) is 12.2. The van der Waals surface area contributed by atoms with Crippen LogP contribution in [-0.2, 0) is 6.42 Å². The average Bonchev–Trinajstić information content (AvgIpc) is 2.43. The molecular weight excluding hydrogens is 325 g/mol. The minimum Gasteiger partial charge on any atom is -0.508 e. The van der Waals surface area contributed by atoms with Crippen LogP contribution in [0.1, 0.15) is 15.9 Å². The van der Waals surface area contributed by atoms with Gasteiger partial charge in [0, 0.05) is 11.0 Å². The number of aromatic hydroxyl groups is 1. The summed E-state index contributed by atoms with van der Waals surface area (Å²) in [6.45, 7) is 0.398. The number of benzene rings is 2. The van der Waals surface area contributed by atoms with Gasteiger partial charge in [0.15, 0.2) is 0 Å². The summed E-state index contributed by atoms with van der Waals surface area (Å²) in [6.07, 6.45) is 0.613. The van der Waals surface area contributed by atoms with Crippen LogP contribution in [0, 0.1) is 5.82 Å². The van der Waals surface area contributed by atoms with Crippen molar-refractivity contribution < 1.29 is 14.3 Å². The highest BCUT2D eigenvalue weighted by Crippen LogP contribution is 2.15. The third-order valence-electron chi connectivity index (χ3n) is 2.81. The smallest absolute Gasteiger partial charge is 0.254 e. The molecule has 0 aromatic heterocycles. The maximum Gasteiger partial charge on any atom is 0.254 e. The van der Waals surface area contributed by atoms with Gasteiger partial charge in [-0.25, -0.2) is 4.39 Å². The summed E-state index contributed by atoms with van der Waals surface area (Å²) < 4.78 is 14.2. The van der Waals surface area contributed by atoms with E-state index >= 15 is 0 Å². The number of carbonyl (C=O) groups excluding carboxylic acids is 1. The highest BCUT2D eigenvalue weighted by molar-refractivity contribution is 9.10. The van der Waals surface area contributed by atoms with E-state index in [0.717, 1.165) is 5.56 Å². The van der Waals surface area contributed by atoms with E-state index in [9.17, 15) is 9.18 Å². The molecule has 1 amide bonds. The normalized spacial score (nSPS) is 10.3. The molecule has 0 saturated carbocycles. The van der Waals surface area contributed by atoms with Gasteiger partial charge in [-0.2, -0.15) is 0 Å². The van der Waals surface area contributed by atoms with Crippen LogP contribution in [0.25, 0.3) is 0 Å². The Morgan fingerprint density at radius 2 is 1.90 bits per heavy atom. The van der Waals surface area contributed by atoms with Crippen molar-refractivity contribution in [3.8, 4) is 5.75 Å². The number of phenolic OH excluding ortho intramolecular Hbond substituents is 1. The second-order valence-corrected chi connectivity index (χ2v) is 5.21. The quantitative estimate of drug-likeness (QED) is 0.899. The first-order valence-electron chi connectivity index (χ1n) is 6.07. The van der Waals surface area contributed by atoms with Crippen molar-refractivity contribution >= 4 is 21.8 Å². The fourth-order valence-corrected chi connectivity index (χ4v) is 2.11. The Hall–Kier alpha value is -1.88. The summed E-state index contributed by atoms with van der Waals surface area (Å²) >= 11 is 3.21. The highest BCUT2D eigenvalue weighted by atomic mass is 79.9. The van der Waals surface area contributed by atoms with Gasteiger partial charge in [-0.3, -0.25) is 4.79 Å². The van der Waals surface area contributed by atoms with E-state index in [0.29, 0.717) is 17.4 Å². The van der Waals surface area contributed by atoms with Crippen molar-refractivity contribution in [1.29, 1.82) is 0 Å². The maximum atomic E-state index is 13.5. The second kappa shape index (κ2) is 6.52. The molecule has 0 aliphatic rings. The summed E-state index contributed by atoms with van der Waals surface area (Å²) in [6, 6.07) is 11.0. The Kier molecular flexibility index (Phi) is 4.74. The van der Waals surface area contributed by atoms with Crippen LogP contribution in [0.5, 0.6) is 5.75 Å². The third kappa shape index (κ3) is 3.81. The van der Waals surface area contributed by atoms with Gasteiger partial charge in [0.2, 0.25) is 0 Å². The Labute approximate surface area is 124 Å². The van der Waals surface area contributed by atoms with Crippen LogP contribution < -0.4 is 5.32 Å². The molecule has 0 heterocycles. The summed E-state index contributed by atoms with van der Waals surface area (Å²) in [7, 11) is 0. The van der Waals surface area contributed by atoms with Gasteiger partial charge >= 0.3 is 0 Å². The molecule has 0 spiro atoms. The SMILES string of the molecule is O=C(NCCc1ccc(O)cc1)c1cc(Br)ccc1F. The zero-order chi connectivity index (χ0) is 14.5. The fourth-order valence-electron chi connectivity index (χ4n) is 1.75. The number of amides is 1. The van der Waals surface area contributed by atoms with Crippen LogP contribution >= 0.6 is 15.9 Å². The maximum absolute atomic E-state index is 13.5. The van der Waals surface area contributed by atoms with Gasteiger partial charge in [0.25, 0.3) is 5.91 Å². The molecule has 0 fully saturated rings. The largest absolute Gasteiger partial charge is 0.508 e. The van der Waals surface area contributed by atoms with Crippen molar-refractivity contribution in [2.45, 2.75) is 6.42 Å². The number of nitrogens with one attached hydrogen (secondary N) is 1. The summed E-state index contributed by atoms with van der Waals surface area (Å²) in [5.74, 6) is -0.785. The number of phenols is 1. The zero-order valence-electron chi connectivity index (χ0n) is 10.6. The highest BCUT2D eigenvalue weighted by Gasteiger charge is 2.11. The van der Waals surface area contributed by atoms with Crippen molar-refractivity contribution in [2.24, 2.45) is 0 Å². The van der Waals surface area contributed by atoms with E-state index in [4.69, 9.17) is 5.11 Å². The summed E-state index contributed by atoms with van der Waals surface area (Å²) in [5.41, 5.74) is 1.00. The Bertz CT molecular complexity index is 614. The first-order chi connectivity index (χ1) is 9.56. The minimum absolute atomic E-state index is 0.0186. The van der Waals surface area contributed by atoms with Crippen LogP contribution in [0.3, 0.4) is 0 Å². The van der Waals surface area contributed by atoms with Crippen molar-refractivity contribution in [3.63, 3.8) is 0 Å². The molecule has 0 bridgehead atoms. The number of hydrogen-bond acceptors (Lipinski definition) is 2. The first kappa shape index (κ1) is 14.5. The predicted molar refractivity (Wildman–Crippen MR) is 78.2 cm³/mol. The van der Waals surface area contributed by atoms with Crippen LogP contribution in [0.15, 0.2) is 46.9 Å². The van der Waals surface area contributed by atoms with Crippen molar-refractivity contribution in [2.75, 3.05) is 6.54 Å². The van der Waals surface area contributed by atoms with E-state index in [1.807, 2.05) is 0 Å². The Morgan fingerprint density at radius 3 is 2.60 bits per heavy atom. The van der Waals surface area contributed by atoms with Crippen molar-refractivity contribution in [3.05, 3.63) is 63.9 Å². The molecule has 3 nitrogen and oxygen atoms in total. The van der Waals surface area contributed by atoms with Crippen LogP contribution in [0.2, 0.25) is 0 Å². The number of rotatable bonds is 4. The molecule has 0 atom stereocenters. The molecular formula is C15H13BrFNO2. The van der Waals surface area contributed by atoms with E-state index in [1.165, 1.54) is 12.1 Å².